The van der Waals surface area contributed by atoms with E-state index in [-0.39, 0.29) is 22.4 Å². The first kappa shape index (κ1) is 22.6. The van der Waals surface area contributed by atoms with Crippen LogP contribution in [-0.2, 0) is 9.59 Å². The number of aliphatic hydroxyl groups excluding tert-OH is 1. The van der Waals surface area contributed by atoms with Crippen molar-refractivity contribution in [2.75, 3.05) is 12.0 Å². The largest absolute Gasteiger partial charge is 0.507 e. The van der Waals surface area contributed by atoms with Crippen molar-refractivity contribution in [2.24, 2.45) is 0 Å². The number of aryl methyl sites for hydroxylation is 2. The zero-order valence-electron chi connectivity index (χ0n) is 18.2. The molecule has 0 aromatic heterocycles. The summed E-state index contributed by atoms with van der Waals surface area (Å²) in [5.41, 5.74) is 2.44. The lowest BCUT2D eigenvalue weighted by atomic mass is 9.94. The predicted octanol–water partition coefficient (Wildman–Crippen LogP) is 5.73. The lowest BCUT2D eigenvalue weighted by Crippen LogP contribution is -2.30. The Morgan fingerprint density at radius 3 is 2.42 bits per heavy atom. The highest BCUT2D eigenvalue weighted by Gasteiger charge is 2.47. The first-order valence-electron chi connectivity index (χ1n) is 10.2. The van der Waals surface area contributed by atoms with Crippen LogP contribution in [0.3, 0.4) is 0 Å². The molecule has 1 aliphatic rings. The maximum absolute atomic E-state index is 14.9. The molecule has 3 aromatic carbocycles. The van der Waals surface area contributed by atoms with Crippen LogP contribution in [0.15, 0.2) is 66.2 Å². The van der Waals surface area contributed by atoms with Gasteiger partial charge in [-0.25, -0.2) is 4.39 Å². The quantitative estimate of drug-likeness (QED) is 0.303. The van der Waals surface area contributed by atoms with Crippen LogP contribution in [0.4, 0.5) is 10.1 Å². The second-order valence-corrected chi connectivity index (χ2v) is 8.22. The smallest absolute Gasteiger partial charge is 0.300 e. The van der Waals surface area contributed by atoms with Crippen LogP contribution in [0.5, 0.6) is 5.75 Å². The molecule has 1 heterocycles. The fourth-order valence-electron chi connectivity index (χ4n) is 3.93. The Labute approximate surface area is 195 Å². The number of amides is 1. The molecule has 1 amide bonds. The molecule has 0 spiro atoms. The molecule has 7 heteroatoms. The zero-order chi connectivity index (χ0) is 23.9. The van der Waals surface area contributed by atoms with Crippen LogP contribution in [0, 0.1) is 19.7 Å². The molecule has 3 aromatic rings. The third kappa shape index (κ3) is 3.87. The van der Waals surface area contributed by atoms with Gasteiger partial charge in [0.05, 0.1) is 23.7 Å². The van der Waals surface area contributed by atoms with Gasteiger partial charge in [-0.15, -0.1) is 0 Å². The number of nitrogens with zero attached hydrogens (tertiary/aromatic N) is 1. The van der Waals surface area contributed by atoms with Gasteiger partial charge >= 0.3 is 0 Å². The number of hydrogen-bond acceptors (Lipinski definition) is 4. The van der Waals surface area contributed by atoms with Gasteiger partial charge in [-0.1, -0.05) is 35.9 Å². The van der Waals surface area contributed by atoms with Crippen LogP contribution in [-0.4, -0.2) is 23.9 Å². The van der Waals surface area contributed by atoms with Crippen LogP contribution in [0.1, 0.15) is 28.3 Å². The molecule has 1 saturated heterocycles. The minimum absolute atomic E-state index is 0.0948. The number of carbonyl (C=O) groups excluding carboxylic acids is 2. The first-order valence-corrected chi connectivity index (χ1v) is 10.6. The van der Waals surface area contributed by atoms with Gasteiger partial charge in [-0.3, -0.25) is 14.5 Å². The number of rotatable bonds is 4. The highest BCUT2D eigenvalue weighted by molar-refractivity contribution is 6.51. The Hall–Kier alpha value is -3.64. The van der Waals surface area contributed by atoms with Crippen LogP contribution in [0.25, 0.3) is 5.76 Å². The average molecular weight is 466 g/mol. The van der Waals surface area contributed by atoms with E-state index in [1.54, 1.807) is 18.2 Å². The highest BCUT2D eigenvalue weighted by atomic mass is 35.5. The molecule has 1 fully saturated rings. The predicted molar refractivity (Wildman–Crippen MR) is 125 cm³/mol. The summed E-state index contributed by atoms with van der Waals surface area (Å²) in [6.07, 6.45) is 0. The van der Waals surface area contributed by atoms with Gasteiger partial charge < -0.3 is 9.84 Å². The fourth-order valence-corrected chi connectivity index (χ4v) is 4.12. The topological polar surface area (TPSA) is 66.8 Å². The van der Waals surface area contributed by atoms with Crippen molar-refractivity contribution in [2.45, 2.75) is 19.9 Å². The van der Waals surface area contributed by atoms with Crippen molar-refractivity contribution in [1.82, 2.24) is 0 Å². The Kier molecular flexibility index (Phi) is 5.95. The van der Waals surface area contributed by atoms with Gasteiger partial charge in [-0.2, -0.15) is 0 Å². The van der Waals surface area contributed by atoms with E-state index >= 15 is 0 Å². The minimum Gasteiger partial charge on any atom is -0.507 e. The van der Waals surface area contributed by atoms with Gasteiger partial charge in [0.1, 0.15) is 17.3 Å². The van der Waals surface area contributed by atoms with Crippen molar-refractivity contribution in [3.05, 3.63) is 99.3 Å². The number of ether oxygens (including phenoxy) is 1. The summed E-state index contributed by atoms with van der Waals surface area (Å²) in [7, 11) is 1.42. The number of anilines is 1. The zero-order valence-corrected chi connectivity index (χ0v) is 19.0. The normalized spacial score (nSPS) is 17.5. The second-order valence-electron chi connectivity index (χ2n) is 7.81. The third-order valence-corrected chi connectivity index (χ3v) is 6.15. The standard InChI is InChI=1S/C26H21ClFNO4/c1-14-8-10-17(12-15(14)2)29-23(18-6-4-5-7-20(18)28)22(25(31)26(29)32)24(30)16-9-11-19(27)21(13-16)33-3/h4-13,23,30H,1-3H3/b24-22+. The van der Waals surface area contributed by atoms with Gasteiger partial charge in [-0.05, 0) is 61.4 Å². The number of ketones is 1. The molecule has 0 radical (unpaired) electrons. The molecular formula is C26H21ClFNO4. The van der Waals surface area contributed by atoms with E-state index in [1.807, 2.05) is 19.9 Å². The molecule has 1 N–H and O–H groups in total. The number of hydrogen-bond donors (Lipinski definition) is 1. The number of benzene rings is 3. The summed E-state index contributed by atoms with van der Waals surface area (Å²) in [5, 5.41) is 11.5. The van der Waals surface area contributed by atoms with Gasteiger partial charge in [0.15, 0.2) is 0 Å². The number of Topliss-reactive ketones (excluding diaryl/α,β-unsaturated/α-hetero) is 1. The first-order chi connectivity index (χ1) is 15.7. The maximum atomic E-state index is 14.9. The van der Waals surface area contributed by atoms with Crippen molar-refractivity contribution in [3.63, 3.8) is 0 Å². The number of carbonyl (C=O) groups is 2. The van der Waals surface area contributed by atoms with Gasteiger partial charge in [0, 0.05) is 16.8 Å². The number of halogens is 2. The lowest BCUT2D eigenvalue weighted by Gasteiger charge is -2.26. The summed E-state index contributed by atoms with van der Waals surface area (Å²) in [5.74, 6) is -2.52. The summed E-state index contributed by atoms with van der Waals surface area (Å²) < 4.78 is 20.2. The van der Waals surface area contributed by atoms with Crippen molar-refractivity contribution >= 4 is 34.7 Å². The molecule has 0 aliphatic carbocycles. The molecule has 5 nitrogen and oxygen atoms in total. The SMILES string of the molecule is COc1cc(/C(O)=C2\C(=O)C(=O)N(c3ccc(C)c(C)c3)C2c2ccccc2F)ccc1Cl. The van der Waals surface area contributed by atoms with E-state index < -0.39 is 29.3 Å². The van der Waals surface area contributed by atoms with E-state index in [1.165, 1.54) is 48.4 Å². The third-order valence-electron chi connectivity index (χ3n) is 5.84. The van der Waals surface area contributed by atoms with E-state index in [0.29, 0.717) is 10.7 Å². The van der Waals surface area contributed by atoms with E-state index in [4.69, 9.17) is 16.3 Å². The van der Waals surface area contributed by atoms with Crippen molar-refractivity contribution < 1.29 is 23.8 Å². The lowest BCUT2D eigenvalue weighted by molar-refractivity contribution is -0.132. The molecule has 1 aliphatic heterocycles. The van der Waals surface area contributed by atoms with Crippen molar-refractivity contribution in [1.29, 1.82) is 0 Å². The fraction of sp³-hybridized carbons (Fsp3) is 0.154. The summed E-state index contributed by atoms with van der Waals surface area (Å²) in [6.45, 7) is 3.81. The second kappa shape index (κ2) is 8.71. The number of methoxy groups -OCH3 is 1. The molecule has 0 saturated carbocycles. The number of aliphatic hydroxyl groups is 1. The molecule has 1 unspecified atom stereocenters. The van der Waals surface area contributed by atoms with E-state index in [0.717, 1.165) is 11.1 Å². The highest BCUT2D eigenvalue weighted by Crippen LogP contribution is 2.43. The van der Waals surface area contributed by atoms with Crippen LogP contribution < -0.4 is 9.64 Å². The monoisotopic (exact) mass is 465 g/mol. The Morgan fingerprint density at radius 1 is 1.03 bits per heavy atom. The Morgan fingerprint density at radius 2 is 1.76 bits per heavy atom. The summed E-state index contributed by atoms with van der Waals surface area (Å²) >= 11 is 6.09. The maximum Gasteiger partial charge on any atom is 0.300 e. The molecule has 1 atom stereocenters. The minimum atomic E-state index is -1.16. The molecule has 33 heavy (non-hydrogen) atoms. The molecule has 168 valence electrons. The van der Waals surface area contributed by atoms with E-state index in [2.05, 4.69) is 0 Å². The Balaban J connectivity index is 1.98. The van der Waals surface area contributed by atoms with Crippen LogP contribution in [0.2, 0.25) is 5.02 Å². The summed E-state index contributed by atoms with van der Waals surface area (Å²) in [4.78, 5) is 27.6. The van der Waals surface area contributed by atoms with Crippen LogP contribution >= 0.6 is 11.6 Å². The molecule has 0 bridgehead atoms. The van der Waals surface area contributed by atoms with Crippen molar-refractivity contribution in [3.8, 4) is 5.75 Å². The Bertz CT molecular complexity index is 1320. The average Bonchev–Trinajstić information content (AvgIpc) is 3.06. The van der Waals surface area contributed by atoms with Gasteiger partial charge in [0.25, 0.3) is 11.7 Å². The molecular weight excluding hydrogens is 445 g/mol. The molecule has 4 rings (SSSR count). The van der Waals surface area contributed by atoms with E-state index in [9.17, 15) is 19.1 Å². The van der Waals surface area contributed by atoms with Gasteiger partial charge in [0.2, 0.25) is 0 Å². The summed E-state index contributed by atoms with van der Waals surface area (Å²) in [6, 6.07) is 14.5.